The topological polar surface area (TPSA) is 3.24 Å². The molecule has 0 aliphatic heterocycles. The summed E-state index contributed by atoms with van der Waals surface area (Å²) in [5.74, 6) is 0. The first kappa shape index (κ1) is 8.96. The summed E-state index contributed by atoms with van der Waals surface area (Å²) in [5.41, 5.74) is 0. The molecule has 0 rings (SSSR count). The molecule has 0 aromatic rings. The molecule has 0 heterocycles. The molecule has 0 atom stereocenters. The number of nitrogens with zero attached hydrogens (tertiary/aromatic N) is 1. The standard InChI is InChI=1S/C8H18N/c1-5-7-9(6-2)8(3)4/h8H,2,5-7H2,1,3-4H3. The lowest BCUT2D eigenvalue weighted by Crippen LogP contribution is -2.31. The molecule has 55 valence electrons. The van der Waals surface area contributed by atoms with E-state index in [4.69, 9.17) is 0 Å². The third-order valence-corrected chi connectivity index (χ3v) is 1.53. The molecule has 0 unspecified atom stereocenters. The maximum atomic E-state index is 3.85. The highest BCUT2D eigenvalue weighted by Gasteiger charge is 2.02. The Labute approximate surface area is 59.1 Å². The van der Waals surface area contributed by atoms with E-state index in [0.29, 0.717) is 6.04 Å². The van der Waals surface area contributed by atoms with Crippen LogP contribution in [-0.2, 0) is 0 Å². The number of rotatable bonds is 4. The van der Waals surface area contributed by atoms with Crippen molar-refractivity contribution in [1.29, 1.82) is 0 Å². The predicted molar refractivity (Wildman–Crippen MR) is 42.4 cm³/mol. The highest BCUT2D eigenvalue weighted by Crippen LogP contribution is 1.97. The van der Waals surface area contributed by atoms with Gasteiger partial charge in [0.2, 0.25) is 0 Å². The van der Waals surface area contributed by atoms with E-state index in [1.807, 2.05) is 0 Å². The van der Waals surface area contributed by atoms with Gasteiger partial charge < -0.3 is 4.90 Å². The molecule has 0 aliphatic carbocycles. The van der Waals surface area contributed by atoms with Crippen LogP contribution in [-0.4, -0.2) is 24.0 Å². The molecule has 0 aliphatic rings. The average molecular weight is 128 g/mol. The molecule has 1 nitrogen and oxygen atoms in total. The quantitative estimate of drug-likeness (QED) is 0.559. The lowest BCUT2D eigenvalue weighted by atomic mass is 10.3. The van der Waals surface area contributed by atoms with Crippen LogP contribution in [0.3, 0.4) is 0 Å². The molecule has 0 aromatic carbocycles. The van der Waals surface area contributed by atoms with Gasteiger partial charge in [-0.15, -0.1) is 0 Å². The maximum Gasteiger partial charge on any atom is 0.00385 e. The minimum absolute atomic E-state index is 0.655. The summed E-state index contributed by atoms with van der Waals surface area (Å²) in [6.07, 6.45) is 1.23. The first-order chi connectivity index (χ1) is 4.22. The van der Waals surface area contributed by atoms with Crippen molar-refractivity contribution in [2.45, 2.75) is 33.2 Å². The Morgan fingerprint density at radius 1 is 1.44 bits per heavy atom. The van der Waals surface area contributed by atoms with Crippen molar-refractivity contribution in [3.63, 3.8) is 0 Å². The zero-order valence-electron chi connectivity index (χ0n) is 6.85. The van der Waals surface area contributed by atoms with E-state index in [1.165, 1.54) is 13.0 Å². The molecule has 0 amide bonds. The minimum Gasteiger partial charge on any atom is -0.301 e. The minimum atomic E-state index is 0.655. The van der Waals surface area contributed by atoms with Crippen molar-refractivity contribution in [2.75, 3.05) is 13.1 Å². The van der Waals surface area contributed by atoms with Crippen molar-refractivity contribution < 1.29 is 0 Å². The second-order valence-corrected chi connectivity index (χ2v) is 2.63. The van der Waals surface area contributed by atoms with Crippen LogP contribution in [0.4, 0.5) is 0 Å². The van der Waals surface area contributed by atoms with Crippen molar-refractivity contribution in [1.82, 2.24) is 4.90 Å². The molecule has 9 heavy (non-hydrogen) atoms. The van der Waals surface area contributed by atoms with Crippen LogP contribution in [0.15, 0.2) is 0 Å². The van der Waals surface area contributed by atoms with Gasteiger partial charge in [0.1, 0.15) is 0 Å². The Hall–Kier alpha value is -0.0400. The Morgan fingerprint density at radius 2 is 2.00 bits per heavy atom. The van der Waals surface area contributed by atoms with Gasteiger partial charge in [0.25, 0.3) is 0 Å². The zero-order chi connectivity index (χ0) is 7.28. The maximum absolute atomic E-state index is 3.85. The average Bonchev–Trinajstić information content (AvgIpc) is 1.82. The van der Waals surface area contributed by atoms with Gasteiger partial charge in [0.15, 0.2) is 0 Å². The van der Waals surface area contributed by atoms with Crippen LogP contribution < -0.4 is 0 Å². The first-order valence-electron chi connectivity index (χ1n) is 3.75. The second-order valence-electron chi connectivity index (χ2n) is 2.63. The van der Waals surface area contributed by atoms with Crippen LogP contribution >= 0.6 is 0 Å². The predicted octanol–water partition coefficient (Wildman–Crippen LogP) is 1.94. The second kappa shape index (κ2) is 4.80. The molecular formula is C8H18N. The van der Waals surface area contributed by atoms with Gasteiger partial charge >= 0.3 is 0 Å². The smallest absolute Gasteiger partial charge is 0.00385 e. The first-order valence-corrected chi connectivity index (χ1v) is 3.75. The van der Waals surface area contributed by atoms with Gasteiger partial charge in [-0.25, -0.2) is 0 Å². The summed E-state index contributed by atoms with van der Waals surface area (Å²) < 4.78 is 0. The largest absolute Gasteiger partial charge is 0.301 e. The molecule has 0 saturated carbocycles. The normalized spacial score (nSPS) is 11.3. The van der Waals surface area contributed by atoms with Gasteiger partial charge in [-0.1, -0.05) is 6.92 Å². The molecule has 0 aromatic heterocycles. The molecule has 0 N–H and O–H groups in total. The van der Waals surface area contributed by atoms with E-state index in [2.05, 4.69) is 32.6 Å². The molecule has 0 saturated heterocycles. The Morgan fingerprint density at radius 3 is 2.11 bits per heavy atom. The fraction of sp³-hybridized carbons (Fsp3) is 0.875. The van der Waals surface area contributed by atoms with E-state index >= 15 is 0 Å². The molecule has 0 spiro atoms. The van der Waals surface area contributed by atoms with E-state index in [0.717, 1.165) is 6.54 Å². The number of hydrogen-bond acceptors (Lipinski definition) is 1. The summed E-state index contributed by atoms with van der Waals surface area (Å²) in [5, 5.41) is 0. The summed E-state index contributed by atoms with van der Waals surface area (Å²) in [6, 6.07) is 0.655. The van der Waals surface area contributed by atoms with Crippen molar-refractivity contribution in [2.24, 2.45) is 0 Å². The zero-order valence-corrected chi connectivity index (χ0v) is 6.85. The fourth-order valence-corrected chi connectivity index (χ4v) is 0.915. The Bertz CT molecular complexity index is 59.6. The van der Waals surface area contributed by atoms with E-state index < -0.39 is 0 Å². The lowest BCUT2D eigenvalue weighted by Gasteiger charge is -2.23. The summed E-state index contributed by atoms with van der Waals surface area (Å²) in [7, 11) is 0. The van der Waals surface area contributed by atoms with E-state index in [-0.39, 0.29) is 0 Å². The van der Waals surface area contributed by atoms with E-state index in [9.17, 15) is 0 Å². The highest BCUT2D eigenvalue weighted by atomic mass is 15.1. The van der Waals surface area contributed by atoms with Gasteiger partial charge in [0.05, 0.1) is 0 Å². The van der Waals surface area contributed by atoms with Gasteiger partial charge in [-0.2, -0.15) is 0 Å². The van der Waals surface area contributed by atoms with Crippen molar-refractivity contribution in [3.8, 4) is 0 Å². The van der Waals surface area contributed by atoms with Gasteiger partial charge in [-0.3, -0.25) is 0 Å². The third kappa shape index (κ3) is 3.52. The van der Waals surface area contributed by atoms with Crippen molar-refractivity contribution in [3.05, 3.63) is 6.92 Å². The SMILES string of the molecule is [CH2]CN(CCC)C(C)C. The summed E-state index contributed by atoms with van der Waals surface area (Å²) >= 11 is 0. The molecule has 1 radical (unpaired) electrons. The Kier molecular flexibility index (Phi) is 4.78. The summed E-state index contributed by atoms with van der Waals surface area (Å²) in [4.78, 5) is 2.36. The number of hydrogen-bond donors (Lipinski definition) is 0. The van der Waals surface area contributed by atoms with Crippen LogP contribution in [0.1, 0.15) is 27.2 Å². The highest BCUT2D eigenvalue weighted by molar-refractivity contribution is 4.61. The van der Waals surface area contributed by atoms with Crippen LogP contribution in [0.25, 0.3) is 0 Å². The monoisotopic (exact) mass is 128 g/mol. The van der Waals surface area contributed by atoms with Gasteiger partial charge in [-0.05, 0) is 40.3 Å². The summed E-state index contributed by atoms with van der Waals surface area (Å²) in [6.45, 7) is 12.6. The van der Waals surface area contributed by atoms with Crippen molar-refractivity contribution >= 4 is 0 Å². The molecular weight excluding hydrogens is 110 g/mol. The molecule has 1 heteroatoms. The third-order valence-electron chi connectivity index (χ3n) is 1.53. The van der Waals surface area contributed by atoms with Crippen LogP contribution in [0, 0.1) is 6.92 Å². The molecule has 0 fully saturated rings. The fourth-order valence-electron chi connectivity index (χ4n) is 0.915. The van der Waals surface area contributed by atoms with E-state index in [1.54, 1.807) is 0 Å². The lowest BCUT2D eigenvalue weighted by molar-refractivity contribution is 0.245. The van der Waals surface area contributed by atoms with Crippen LogP contribution in [0.2, 0.25) is 0 Å². The molecule has 0 bridgehead atoms. The van der Waals surface area contributed by atoms with Gasteiger partial charge in [0, 0.05) is 6.04 Å². The Balaban J connectivity index is 3.41. The van der Waals surface area contributed by atoms with Crippen LogP contribution in [0.5, 0.6) is 0 Å².